The number of aliphatic imine (C=N–C) groups is 1. The summed E-state index contributed by atoms with van der Waals surface area (Å²) < 4.78 is 26.0. The van der Waals surface area contributed by atoms with Crippen LogP contribution in [0.15, 0.2) is 89.9 Å². The molecule has 3 aromatic carbocycles. The lowest BCUT2D eigenvalue weighted by Crippen LogP contribution is -2.58. The second-order valence-corrected chi connectivity index (χ2v) is 13.7. The summed E-state index contributed by atoms with van der Waals surface area (Å²) in [5, 5.41) is 17.6. The molecular weight excluding hydrogens is 810 g/mol. The smallest absolute Gasteiger partial charge is 0.303 e. The van der Waals surface area contributed by atoms with Crippen LogP contribution in [0.2, 0.25) is 0 Å². The summed E-state index contributed by atoms with van der Waals surface area (Å²) in [6.45, 7) is 4.13. The number of nitrogens with zero attached hydrogens (tertiary/aromatic N) is 1. The number of hydrogen-bond donors (Lipinski definition) is 5. The van der Waals surface area contributed by atoms with Crippen LogP contribution >= 0.6 is 0 Å². The number of phenolic OH excluding ortho intramolecular Hbond substituents is 1. The van der Waals surface area contributed by atoms with Gasteiger partial charge in [0.1, 0.15) is 18.4 Å². The number of nitrogens with two attached hydrogens (primary N) is 1. The Balaban J connectivity index is 1.85. The van der Waals surface area contributed by atoms with Crippen LogP contribution in [0, 0.1) is 0 Å². The fraction of sp³-hybridized carbons (Fsp3) is 0.372. The maximum absolute atomic E-state index is 14.0. The van der Waals surface area contributed by atoms with Gasteiger partial charge < -0.3 is 45.2 Å². The molecular formula is C43H51N5O14. The lowest BCUT2D eigenvalue weighted by Gasteiger charge is -2.34. The highest BCUT2D eigenvalue weighted by molar-refractivity contribution is 5.99. The summed E-state index contributed by atoms with van der Waals surface area (Å²) in [5.41, 5.74) is 8.13. The van der Waals surface area contributed by atoms with Gasteiger partial charge in [0.25, 0.3) is 5.91 Å². The number of ether oxygens (including phenoxy) is 5. The summed E-state index contributed by atoms with van der Waals surface area (Å²) in [6, 6.07) is 23.2. The molecule has 0 saturated carbocycles. The van der Waals surface area contributed by atoms with Crippen molar-refractivity contribution in [3.8, 4) is 5.75 Å². The van der Waals surface area contributed by atoms with E-state index in [-0.39, 0.29) is 31.7 Å². The van der Waals surface area contributed by atoms with Crippen LogP contribution in [0.5, 0.6) is 5.75 Å². The van der Waals surface area contributed by atoms with Gasteiger partial charge in [-0.25, -0.2) is 0 Å². The number of hydrogen-bond acceptors (Lipinski definition) is 15. The molecule has 62 heavy (non-hydrogen) atoms. The van der Waals surface area contributed by atoms with Crippen molar-refractivity contribution in [2.45, 2.75) is 90.4 Å². The average molecular weight is 862 g/mol. The molecule has 0 bridgehead atoms. The van der Waals surface area contributed by atoms with E-state index < -0.39 is 96.5 Å². The Kier molecular flexibility index (Phi) is 19.5. The van der Waals surface area contributed by atoms with Crippen molar-refractivity contribution >= 4 is 53.5 Å². The lowest BCUT2D eigenvalue weighted by molar-refractivity contribution is -0.203. The number of aromatic hydroxyl groups is 1. The number of carbonyl (C=O) groups is 8. The van der Waals surface area contributed by atoms with Crippen molar-refractivity contribution in [2.75, 3.05) is 13.2 Å². The van der Waals surface area contributed by atoms with Crippen LogP contribution in [0.1, 0.15) is 70.1 Å². The molecule has 5 atom stereocenters. The standard InChI is InChI=1S/C43H51N5O14/c1-25(49)58-24-35(59-26(2)50)37(60-27(3)51)38(61-28(4)52)39(62-29(5)53)42(57)48-43(44)45-22-12-17-34(40(55)46-23-30-18-20-33(54)21-19-30)47-41(56)36(31-13-8-6-9-14-31)32-15-10-7-11-16-32/h6-11,13-16,18-21,34-39,54H,12,17,22-24H2,1-5H3,(H,46,55)(H,47,56)(H3,44,45,48,57)/t34-,35-,37-,38+,39-/m1/s1. The highest BCUT2D eigenvalue weighted by Crippen LogP contribution is 2.25. The van der Waals surface area contributed by atoms with Crippen LogP contribution in [0.4, 0.5) is 0 Å². The average Bonchev–Trinajstić information content (AvgIpc) is 3.21. The zero-order chi connectivity index (χ0) is 45.8. The maximum Gasteiger partial charge on any atom is 0.303 e. The van der Waals surface area contributed by atoms with E-state index in [2.05, 4.69) is 20.9 Å². The molecule has 0 radical (unpaired) electrons. The fourth-order valence-corrected chi connectivity index (χ4v) is 6.06. The summed E-state index contributed by atoms with van der Waals surface area (Å²) in [4.78, 5) is 106. The van der Waals surface area contributed by atoms with Crippen molar-refractivity contribution in [3.63, 3.8) is 0 Å². The van der Waals surface area contributed by atoms with Gasteiger partial charge in [-0.3, -0.25) is 48.7 Å². The van der Waals surface area contributed by atoms with E-state index in [0.29, 0.717) is 16.7 Å². The van der Waals surface area contributed by atoms with Crippen LogP contribution in [0.3, 0.4) is 0 Å². The monoisotopic (exact) mass is 861 g/mol. The number of carbonyl (C=O) groups excluding carboxylic acids is 8. The molecule has 0 spiro atoms. The Morgan fingerprint density at radius 2 is 1.18 bits per heavy atom. The third kappa shape index (κ3) is 16.7. The topological polar surface area (TPSA) is 277 Å². The fourth-order valence-electron chi connectivity index (χ4n) is 6.06. The molecule has 0 aromatic heterocycles. The minimum absolute atomic E-state index is 0.0444. The summed E-state index contributed by atoms with van der Waals surface area (Å²) >= 11 is 0. The van der Waals surface area contributed by atoms with E-state index in [9.17, 15) is 43.5 Å². The van der Waals surface area contributed by atoms with Gasteiger partial charge >= 0.3 is 29.8 Å². The molecule has 0 aliphatic carbocycles. The van der Waals surface area contributed by atoms with E-state index in [1.807, 2.05) is 12.1 Å². The maximum atomic E-state index is 14.0. The highest BCUT2D eigenvalue weighted by atomic mass is 16.6. The van der Waals surface area contributed by atoms with Crippen LogP contribution in [0.25, 0.3) is 0 Å². The van der Waals surface area contributed by atoms with Gasteiger partial charge in [-0.05, 0) is 41.7 Å². The molecule has 3 rings (SSSR count). The normalized spacial score (nSPS) is 13.5. The number of nitrogens with one attached hydrogen (secondary N) is 3. The number of benzene rings is 3. The summed E-state index contributed by atoms with van der Waals surface area (Å²) in [7, 11) is 0. The first-order chi connectivity index (χ1) is 29.4. The lowest BCUT2D eigenvalue weighted by atomic mass is 9.90. The molecule has 332 valence electrons. The molecule has 0 fully saturated rings. The Morgan fingerprint density at radius 1 is 0.645 bits per heavy atom. The predicted molar refractivity (Wildman–Crippen MR) is 219 cm³/mol. The van der Waals surface area contributed by atoms with Gasteiger partial charge in [0.15, 0.2) is 24.3 Å². The molecule has 0 unspecified atom stereocenters. The number of amides is 3. The van der Waals surface area contributed by atoms with Crippen molar-refractivity contribution in [2.24, 2.45) is 10.7 Å². The highest BCUT2D eigenvalue weighted by Gasteiger charge is 2.47. The van der Waals surface area contributed by atoms with Gasteiger partial charge in [0.2, 0.25) is 17.9 Å². The van der Waals surface area contributed by atoms with Gasteiger partial charge in [-0.2, -0.15) is 0 Å². The molecule has 19 nitrogen and oxygen atoms in total. The minimum Gasteiger partial charge on any atom is -0.508 e. The molecule has 19 heteroatoms. The van der Waals surface area contributed by atoms with Gasteiger partial charge in [-0.15, -0.1) is 0 Å². The minimum atomic E-state index is -2.11. The van der Waals surface area contributed by atoms with E-state index >= 15 is 0 Å². The van der Waals surface area contributed by atoms with Gasteiger partial charge in [0.05, 0.1) is 5.92 Å². The number of rotatable bonds is 21. The van der Waals surface area contributed by atoms with Crippen molar-refractivity contribution in [1.82, 2.24) is 16.0 Å². The third-order valence-electron chi connectivity index (χ3n) is 8.66. The van der Waals surface area contributed by atoms with Gasteiger partial charge in [0, 0.05) is 47.7 Å². The van der Waals surface area contributed by atoms with Crippen LogP contribution in [-0.2, 0) is 68.6 Å². The molecule has 3 amide bonds. The first-order valence-corrected chi connectivity index (χ1v) is 19.3. The number of phenols is 1. The van der Waals surface area contributed by atoms with Crippen molar-refractivity contribution in [3.05, 3.63) is 102 Å². The molecule has 0 aliphatic heterocycles. The number of guanidine groups is 1. The molecule has 6 N–H and O–H groups in total. The first kappa shape index (κ1) is 49.1. The van der Waals surface area contributed by atoms with Crippen molar-refractivity contribution in [1.29, 1.82) is 0 Å². The van der Waals surface area contributed by atoms with E-state index in [1.165, 1.54) is 12.1 Å². The molecule has 0 aliphatic rings. The second kappa shape index (κ2) is 24.7. The Hall–Kier alpha value is -7.31. The SMILES string of the molecule is CC(=O)OC[C@@H](OC(C)=O)[C@@H](OC(C)=O)[C@H](OC(C)=O)[C@@H](OC(C)=O)C(=O)NC(N)=NCCC[C@@H](NC(=O)C(c1ccccc1)c1ccccc1)C(=O)NCc1ccc(O)cc1. The van der Waals surface area contributed by atoms with Crippen LogP contribution in [-0.4, -0.2) is 102 Å². The second-order valence-electron chi connectivity index (χ2n) is 13.7. The van der Waals surface area contributed by atoms with E-state index in [4.69, 9.17) is 29.4 Å². The number of esters is 5. The van der Waals surface area contributed by atoms with E-state index in [0.717, 1.165) is 34.6 Å². The quantitative estimate of drug-likeness (QED) is 0.0336. The van der Waals surface area contributed by atoms with Gasteiger partial charge in [-0.1, -0.05) is 72.8 Å². The first-order valence-electron chi connectivity index (χ1n) is 19.3. The zero-order valence-electron chi connectivity index (χ0n) is 34.9. The Morgan fingerprint density at radius 3 is 1.69 bits per heavy atom. The van der Waals surface area contributed by atoms with Crippen molar-refractivity contribution < 1.29 is 67.1 Å². The predicted octanol–water partition coefficient (Wildman–Crippen LogP) is 1.83. The molecule has 0 saturated heterocycles. The zero-order valence-corrected chi connectivity index (χ0v) is 34.9. The third-order valence-corrected chi connectivity index (χ3v) is 8.66. The Bertz CT molecular complexity index is 2010. The largest absolute Gasteiger partial charge is 0.508 e. The molecule has 3 aromatic rings. The van der Waals surface area contributed by atoms with Crippen LogP contribution < -0.4 is 21.7 Å². The molecule has 0 heterocycles. The Labute approximate surface area is 357 Å². The van der Waals surface area contributed by atoms with E-state index in [1.54, 1.807) is 60.7 Å². The summed E-state index contributed by atoms with van der Waals surface area (Å²) in [6.07, 6.45) is -7.46. The summed E-state index contributed by atoms with van der Waals surface area (Å²) in [5.74, 6) is -8.26.